The lowest BCUT2D eigenvalue weighted by Gasteiger charge is -2.51. The van der Waals surface area contributed by atoms with Gasteiger partial charge in [-0.15, -0.1) is 0 Å². The molecule has 30 heavy (non-hydrogen) atoms. The summed E-state index contributed by atoms with van der Waals surface area (Å²) in [6, 6.07) is 24.7. The highest BCUT2D eigenvalue weighted by molar-refractivity contribution is 6.13. The van der Waals surface area contributed by atoms with Crippen LogP contribution in [0, 0.1) is 0 Å². The summed E-state index contributed by atoms with van der Waals surface area (Å²) < 4.78 is 0. The van der Waals surface area contributed by atoms with E-state index in [0.717, 1.165) is 11.3 Å². The minimum Gasteiger partial charge on any atom is -0.478 e. The molecule has 4 rings (SSSR count). The quantitative estimate of drug-likeness (QED) is 0.631. The van der Waals surface area contributed by atoms with Gasteiger partial charge in [0.05, 0.1) is 11.1 Å². The molecule has 0 spiro atoms. The van der Waals surface area contributed by atoms with Crippen molar-refractivity contribution in [3.63, 3.8) is 0 Å². The molecule has 1 aliphatic heterocycles. The molecule has 0 aliphatic carbocycles. The SMILES string of the molecule is CC1(C)C[C@](C)(c2ccccc2)c2ccccc2N1C(=O)c1ccccc1C(=O)O. The second-order valence-corrected chi connectivity index (χ2v) is 8.70. The van der Waals surface area contributed by atoms with Crippen LogP contribution in [0.5, 0.6) is 0 Å². The van der Waals surface area contributed by atoms with E-state index in [-0.39, 0.29) is 22.4 Å². The van der Waals surface area contributed by atoms with Gasteiger partial charge in [-0.1, -0.05) is 67.6 Å². The number of carbonyl (C=O) groups excluding carboxylic acids is 1. The van der Waals surface area contributed by atoms with Gasteiger partial charge >= 0.3 is 5.97 Å². The number of anilines is 1. The molecule has 0 fully saturated rings. The van der Waals surface area contributed by atoms with Crippen molar-refractivity contribution >= 4 is 17.6 Å². The Kier molecular flexibility index (Phi) is 4.73. The van der Waals surface area contributed by atoms with Crippen molar-refractivity contribution in [3.05, 3.63) is 101 Å². The molecule has 4 nitrogen and oxygen atoms in total. The summed E-state index contributed by atoms with van der Waals surface area (Å²) in [7, 11) is 0. The monoisotopic (exact) mass is 399 g/mol. The van der Waals surface area contributed by atoms with Crippen LogP contribution < -0.4 is 4.90 Å². The fourth-order valence-corrected chi connectivity index (χ4v) is 4.93. The zero-order chi connectivity index (χ0) is 21.5. The molecule has 0 unspecified atom stereocenters. The van der Waals surface area contributed by atoms with Crippen LogP contribution >= 0.6 is 0 Å². The Bertz CT molecular complexity index is 1120. The number of fused-ring (bicyclic) bond motifs is 1. The molecule has 1 amide bonds. The van der Waals surface area contributed by atoms with Crippen LogP contribution in [0.2, 0.25) is 0 Å². The number of amides is 1. The van der Waals surface area contributed by atoms with Crippen LogP contribution in [0.1, 0.15) is 59.0 Å². The molecule has 0 aromatic heterocycles. The lowest BCUT2D eigenvalue weighted by Crippen LogP contribution is -2.56. The van der Waals surface area contributed by atoms with Crippen molar-refractivity contribution in [1.29, 1.82) is 0 Å². The van der Waals surface area contributed by atoms with Gasteiger partial charge < -0.3 is 10.0 Å². The Hall–Kier alpha value is -3.40. The lowest BCUT2D eigenvalue weighted by atomic mass is 9.65. The topological polar surface area (TPSA) is 57.6 Å². The predicted octanol–water partition coefficient (Wildman–Crippen LogP) is 5.52. The number of hydrogen-bond donors (Lipinski definition) is 1. The third kappa shape index (κ3) is 3.09. The maximum atomic E-state index is 13.7. The maximum Gasteiger partial charge on any atom is 0.336 e. The molecule has 3 aromatic carbocycles. The summed E-state index contributed by atoms with van der Waals surface area (Å²) in [4.78, 5) is 27.2. The van der Waals surface area contributed by atoms with Crippen LogP contribution in [0.25, 0.3) is 0 Å². The van der Waals surface area contributed by atoms with Crippen molar-refractivity contribution < 1.29 is 14.7 Å². The molecule has 0 bridgehead atoms. The van der Waals surface area contributed by atoms with Crippen LogP contribution in [-0.2, 0) is 5.41 Å². The standard InChI is InChI=1S/C26H25NO3/c1-25(2)17-26(3,18-11-5-4-6-12-18)21-15-9-10-16-22(21)27(25)23(28)19-13-7-8-14-20(19)24(29)30/h4-16H,17H2,1-3H3,(H,29,30)/t26-/m1/s1. The van der Waals surface area contributed by atoms with Gasteiger partial charge in [0.25, 0.3) is 5.91 Å². The van der Waals surface area contributed by atoms with Crippen LogP contribution in [0.4, 0.5) is 5.69 Å². The number of hydrogen-bond acceptors (Lipinski definition) is 2. The average Bonchev–Trinajstić information content (AvgIpc) is 2.73. The number of rotatable bonds is 3. The first-order valence-electron chi connectivity index (χ1n) is 10.1. The second kappa shape index (κ2) is 7.13. The van der Waals surface area contributed by atoms with Gasteiger partial charge in [-0.25, -0.2) is 4.79 Å². The van der Waals surface area contributed by atoms with Crippen molar-refractivity contribution in [1.82, 2.24) is 0 Å². The molecule has 1 N–H and O–H groups in total. The molecule has 1 heterocycles. The van der Waals surface area contributed by atoms with E-state index in [2.05, 4.69) is 25.1 Å². The Morgan fingerprint density at radius 1 is 0.800 bits per heavy atom. The van der Waals surface area contributed by atoms with Gasteiger partial charge in [-0.3, -0.25) is 4.79 Å². The zero-order valence-electron chi connectivity index (χ0n) is 17.4. The second-order valence-electron chi connectivity index (χ2n) is 8.70. The molecule has 0 saturated heterocycles. The summed E-state index contributed by atoms with van der Waals surface area (Å²) in [5.41, 5.74) is 2.51. The maximum absolute atomic E-state index is 13.7. The first-order chi connectivity index (χ1) is 14.3. The van der Waals surface area contributed by atoms with E-state index in [1.54, 1.807) is 23.1 Å². The lowest BCUT2D eigenvalue weighted by molar-refractivity contribution is 0.0691. The normalized spacial score (nSPS) is 19.8. The summed E-state index contributed by atoms with van der Waals surface area (Å²) in [5.74, 6) is -1.39. The molecule has 0 radical (unpaired) electrons. The van der Waals surface area contributed by atoms with E-state index < -0.39 is 11.5 Å². The molecule has 4 heteroatoms. The summed E-state index contributed by atoms with van der Waals surface area (Å²) in [6.45, 7) is 6.31. The molecular weight excluding hydrogens is 374 g/mol. The van der Waals surface area contributed by atoms with E-state index in [1.165, 1.54) is 11.6 Å². The number of carboxylic acid groups (broad SMARTS) is 1. The van der Waals surface area contributed by atoms with Crippen LogP contribution in [-0.4, -0.2) is 22.5 Å². The van der Waals surface area contributed by atoms with Gasteiger partial charge in [0.1, 0.15) is 0 Å². The number of carboxylic acids is 1. The number of carbonyl (C=O) groups is 2. The number of para-hydroxylation sites is 1. The molecule has 1 aliphatic rings. The van der Waals surface area contributed by atoms with E-state index in [0.29, 0.717) is 6.42 Å². The van der Waals surface area contributed by atoms with Gasteiger partial charge in [-0.05, 0) is 49.6 Å². The highest BCUT2D eigenvalue weighted by Gasteiger charge is 2.48. The number of aromatic carboxylic acids is 1. The van der Waals surface area contributed by atoms with Crippen LogP contribution in [0.3, 0.4) is 0 Å². The van der Waals surface area contributed by atoms with Crippen molar-refractivity contribution in [3.8, 4) is 0 Å². The molecular formula is C26H25NO3. The zero-order valence-corrected chi connectivity index (χ0v) is 17.4. The Labute approximate surface area is 176 Å². The largest absolute Gasteiger partial charge is 0.478 e. The number of benzene rings is 3. The minimum atomic E-state index is -1.10. The summed E-state index contributed by atoms with van der Waals surface area (Å²) in [6.07, 6.45) is 0.710. The molecule has 1 atom stereocenters. The van der Waals surface area contributed by atoms with Gasteiger partial charge in [0.15, 0.2) is 0 Å². The minimum absolute atomic E-state index is 0.0205. The third-order valence-electron chi connectivity index (χ3n) is 6.13. The Balaban J connectivity index is 1.91. The van der Waals surface area contributed by atoms with Gasteiger partial charge in [0, 0.05) is 16.6 Å². The Morgan fingerprint density at radius 2 is 1.37 bits per heavy atom. The molecule has 0 saturated carbocycles. The fourth-order valence-electron chi connectivity index (χ4n) is 4.93. The van der Waals surface area contributed by atoms with Gasteiger partial charge in [-0.2, -0.15) is 0 Å². The van der Waals surface area contributed by atoms with Gasteiger partial charge in [0.2, 0.25) is 0 Å². The first kappa shape index (κ1) is 19.9. The molecule has 152 valence electrons. The van der Waals surface area contributed by atoms with Crippen molar-refractivity contribution in [2.45, 2.75) is 38.1 Å². The highest BCUT2D eigenvalue weighted by atomic mass is 16.4. The van der Waals surface area contributed by atoms with Crippen molar-refractivity contribution in [2.24, 2.45) is 0 Å². The van der Waals surface area contributed by atoms with Crippen LogP contribution in [0.15, 0.2) is 78.9 Å². The molecule has 3 aromatic rings. The predicted molar refractivity (Wildman–Crippen MR) is 118 cm³/mol. The smallest absolute Gasteiger partial charge is 0.336 e. The summed E-state index contributed by atoms with van der Waals surface area (Å²) in [5, 5.41) is 9.60. The Morgan fingerprint density at radius 3 is 2.03 bits per heavy atom. The number of nitrogens with zero attached hydrogens (tertiary/aromatic N) is 1. The van der Waals surface area contributed by atoms with E-state index in [4.69, 9.17) is 0 Å². The van der Waals surface area contributed by atoms with E-state index >= 15 is 0 Å². The average molecular weight is 399 g/mol. The first-order valence-corrected chi connectivity index (χ1v) is 10.1. The summed E-state index contributed by atoms with van der Waals surface area (Å²) >= 11 is 0. The highest BCUT2D eigenvalue weighted by Crippen LogP contribution is 2.50. The van der Waals surface area contributed by atoms with E-state index in [1.807, 2.05) is 50.2 Å². The van der Waals surface area contributed by atoms with E-state index in [9.17, 15) is 14.7 Å². The fraction of sp³-hybridized carbons (Fsp3) is 0.231. The third-order valence-corrected chi connectivity index (χ3v) is 6.13. The van der Waals surface area contributed by atoms with Crippen molar-refractivity contribution in [2.75, 3.05) is 4.90 Å².